The maximum atomic E-state index is 13.2. The van der Waals surface area contributed by atoms with Gasteiger partial charge in [-0.2, -0.15) is 4.98 Å². The van der Waals surface area contributed by atoms with Crippen LogP contribution in [0.25, 0.3) is 0 Å². The number of nitrogens with zero attached hydrogens (tertiary/aromatic N) is 2. The molecule has 1 amide bonds. The van der Waals surface area contributed by atoms with Crippen molar-refractivity contribution in [3.8, 4) is 5.75 Å². The molecule has 0 fully saturated rings. The van der Waals surface area contributed by atoms with Gasteiger partial charge in [0.25, 0.3) is 5.56 Å². The number of carbonyl (C=O) groups excluding carboxylic acids is 1. The molecule has 0 saturated heterocycles. The Labute approximate surface area is 198 Å². The van der Waals surface area contributed by atoms with Gasteiger partial charge in [-0.25, -0.2) is 0 Å². The van der Waals surface area contributed by atoms with Crippen molar-refractivity contribution in [1.29, 1.82) is 0 Å². The summed E-state index contributed by atoms with van der Waals surface area (Å²) in [4.78, 5) is 30.3. The predicted molar refractivity (Wildman–Crippen MR) is 132 cm³/mol. The molecule has 0 aliphatic carbocycles. The normalized spacial score (nSPS) is 15.1. The Hall–Kier alpha value is -3.06. The van der Waals surface area contributed by atoms with Gasteiger partial charge in [0, 0.05) is 30.7 Å². The van der Waals surface area contributed by atoms with Crippen molar-refractivity contribution in [2.75, 3.05) is 11.9 Å². The van der Waals surface area contributed by atoms with Crippen LogP contribution in [0.1, 0.15) is 54.4 Å². The molecule has 3 aromatic rings. The number of amides is 1. The van der Waals surface area contributed by atoms with Crippen molar-refractivity contribution >= 4 is 23.5 Å². The van der Waals surface area contributed by atoms with Gasteiger partial charge >= 0.3 is 0 Å². The van der Waals surface area contributed by atoms with Crippen LogP contribution in [-0.2, 0) is 17.6 Å². The number of aryl methyl sites for hydroxylation is 1. The molecule has 0 bridgehead atoms. The minimum absolute atomic E-state index is 0.119. The van der Waals surface area contributed by atoms with E-state index in [1.54, 1.807) is 0 Å². The van der Waals surface area contributed by atoms with Crippen LogP contribution in [0.4, 0.5) is 5.82 Å². The number of hydrogen-bond acceptors (Lipinski definition) is 5. The van der Waals surface area contributed by atoms with Crippen LogP contribution in [0, 0.1) is 6.92 Å². The Bertz CT molecular complexity index is 1220. The van der Waals surface area contributed by atoms with E-state index < -0.39 is 5.92 Å². The van der Waals surface area contributed by atoms with Crippen LogP contribution < -0.4 is 15.6 Å². The molecular formula is C26H29N3O3S. The van der Waals surface area contributed by atoms with Crippen LogP contribution in [0.5, 0.6) is 5.75 Å². The summed E-state index contributed by atoms with van der Waals surface area (Å²) in [6.07, 6.45) is 2.17. The molecule has 0 radical (unpaired) electrons. The number of unbranched alkanes of at least 4 members (excludes halogenated alkanes) is 1. The minimum atomic E-state index is -0.395. The molecule has 4 rings (SSSR count). The van der Waals surface area contributed by atoms with Gasteiger partial charge in [0.1, 0.15) is 11.6 Å². The third-order valence-electron chi connectivity index (χ3n) is 5.97. The zero-order chi connectivity index (χ0) is 23.4. The van der Waals surface area contributed by atoms with E-state index in [4.69, 9.17) is 4.74 Å². The van der Waals surface area contributed by atoms with Crippen molar-refractivity contribution in [3.63, 3.8) is 0 Å². The lowest BCUT2D eigenvalue weighted by Crippen LogP contribution is -2.33. The quantitative estimate of drug-likeness (QED) is 0.288. The highest BCUT2D eigenvalue weighted by Gasteiger charge is 2.33. The van der Waals surface area contributed by atoms with E-state index in [2.05, 4.69) is 36.3 Å². The number of fused-ring (bicyclic) bond motifs is 1. The maximum Gasteiger partial charge on any atom is 0.279 e. The molecule has 1 aliphatic heterocycles. The summed E-state index contributed by atoms with van der Waals surface area (Å²) in [7, 11) is 1.85. The molecule has 0 spiro atoms. The summed E-state index contributed by atoms with van der Waals surface area (Å²) in [5.74, 6) is 1.42. The molecule has 2 aromatic carbocycles. The molecule has 172 valence electrons. The summed E-state index contributed by atoms with van der Waals surface area (Å²) in [6.45, 7) is 4.78. The Balaban J connectivity index is 1.70. The van der Waals surface area contributed by atoms with Crippen LogP contribution in [-0.4, -0.2) is 22.1 Å². The molecule has 6 nitrogen and oxygen atoms in total. The van der Waals surface area contributed by atoms with E-state index in [9.17, 15) is 9.59 Å². The highest BCUT2D eigenvalue weighted by Crippen LogP contribution is 2.39. The first-order valence-electron chi connectivity index (χ1n) is 11.3. The molecule has 2 heterocycles. The fourth-order valence-corrected chi connectivity index (χ4v) is 5.11. The highest BCUT2D eigenvalue weighted by atomic mass is 32.2. The SMILES string of the molecule is CCCCOc1ccccc1C1CC(=O)Nc2c1c(=O)nc(SCc1ccccc1C)n2C. The number of hydrogen-bond donors (Lipinski definition) is 1. The summed E-state index contributed by atoms with van der Waals surface area (Å²) in [5.41, 5.74) is 3.45. The fourth-order valence-electron chi connectivity index (χ4n) is 4.07. The molecule has 1 aromatic heterocycles. The van der Waals surface area contributed by atoms with Gasteiger partial charge in [0.05, 0.1) is 12.2 Å². The largest absolute Gasteiger partial charge is 0.493 e. The van der Waals surface area contributed by atoms with Gasteiger partial charge in [0.2, 0.25) is 5.91 Å². The van der Waals surface area contributed by atoms with E-state index in [-0.39, 0.29) is 17.9 Å². The summed E-state index contributed by atoms with van der Waals surface area (Å²) >= 11 is 1.49. The number of rotatable bonds is 8. The van der Waals surface area contributed by atoms with Crippen LogP contribution in [0.3, 0.4) is 0 Å². The van der Waals surface area contributed by atoms with E-state index in [1.807, 2.05) is 48.0 Å². The molecule has 1 N–H and O–H groups in total. The van der Waals surface area contributed by atoms with Crippen LogP contribution in [0.15, 0.2) is 58.5 Å². The Morgan fingerprint density at radius 1 is 1.15 bits per heavy atom. The number of thioether (sulfide) groups is 1. The average molecular weight is 464 g/mol. The van der Waals surface area contributed by atoms with Crippen LogP contribution in [0.2, 0.25) is 0 Å². The molecule has 1 aliphatic rings. The number of ether oxygens (including phenoxy) is 1. The molecule has 33 heavy (non-hydrogen) atoms. The third-order valence-corrected chi connectivity index (χ3v) is 7.05. The van der Waals surface area contributed by atoms with Crippen molar-refractivity contribution < 1.29 is 9.53 Å². The number of nitrogens with one attached hydrogen (secondary N) is 1. The molecule has 1 unspecified atom stereocenters. The van der Waals surface area contributed by atoms with Crippen molar-refractivity contribution in [2.24, 2.45) is 7.05 Å². The van der Waals surface area contributed by atoms with E-state index in [1.165, 1.54) is 22.9 Å². The molecule has 7 heteroatoms. The zero-order valence-electron chi connectivity index (χ0n) is 19.3. The maximum absolute atomic E-state index is 13.2. The lowest BCUT2D eigenvalue weighted by atomic mass is 9.86. The first-order valence-corrected chi connectivity index (χ1v) is 12.3. The smallest absolute Gasteiger partial charge is 0.279 e. The van der Waals surface area contributed by atoms with Gasteiger partial charge in [-0.3, -0.25) is 9.59 Å². The first-order chi connectivity index (χ1) is 16.0. The highest BCUT2D eigenvalue weighted by molar-refractivity contribution is 7.98. The van der Waals surface area contributed by atoms with E-state index >= 15 is 0 Å². The van der Waals surface area contributed by atoms with Crippen molar-refractivity contribution in [3.05, 3.63) is 81.1 Å². The molecular weight excluding hydrogens is 434 g/mol. The van der Waals surface area contributed by atoms with Crippen molar-refractivity contribution in [1.82, 2.24) is 9.55 Å². The van der Waals surface area contributed by atoms with Gasteiger partial charge in [0.15, 0.2) is 5.16 Å². The zero-order valence-corrected chi connectivity index (χ0v) is 20.1. The summed E-state index contributed by atoms with van der Waals surface area (Å²) in [6, 6.07) is 15.8. The minimum Gasteiger partial charge on any atom is -0.493 e. The Morgan fingerprint density at radius 2 is 1.91 bits per heavy atom. The third kappa shape index (κ3) is 4.98. The number of benzene rings is 2. The standard InChI is InChI=1S/C26H29N3O3S/c1-4-5-14-32-21-13-9-8-12-19(21)20-15-22(30)27-24-23(20)25(31)28-26(29(24)3)33-16-18-11-7-6-10-17(18)2/h6-13,20H,4-5,14-16H2,1-3H3,(H,27,30). The first kappa shape index (κ1) is 23.1. The monoisotopic (exact) mass is 463 g/mol. The van der Waals surface area contributed by atoms with Crippen molar-refractivity contribution in [2.45, 2.75) is 49.9 Å². The number of anilines is 1. The van der Waals surface area contributed by atoms with Gasteiger partial charge in [-0.15, -0.1) is 0 Å². The Kier molecular flexibility index (Phi) is 7.18. The second-order valence-electron chi connectivity index (χ2n) is 8.28. The lowest BCUT2D eigenvalue weighted by molar-refractivity contribution is -0.116. The fraction of sp³-hybridized carbons (Fsp3) is 0.346. The van der Waals surface area contributed by atoms with E-state index in [0.717, 1.165) is 24.2 Å². The molecule has 0 saturated carbocycles. The second-order valence-corrected chi connectivity index (χ2v) is 9.22. The lowest BCUT2D eigenvalue weighted by Gasteiger charge is -2.28. The second kappa shape index (κ2) is 10.3. The van der Waals surface area contributed by atoms with Gasteiger partial charge in [-0.1, -0.05) is 67.6 Å². The predicted octanol–water partition coefficient (Wildman–Crippen LogP) is 5.03. The number of carbonyl (C=O) groups is 1. The topological polar surface area (TPSA) is 73.2 Å². The number of aromatic nitrogens is 2. The number of para-hydroxylation sites is 1. The summed E-state index contributed by atoms with van der Waals surface area (Å²) in [5, 5.41) is 3.50. The van der Waals surface area contributed by atoms with E-state index in [0.29, 0.717) is 28.9 Å². The van der Waals surface area contributed by atoms with Gasteiger partial charge < -0.3 is 14.6 Å². The van der Waals surface area contributed by atoms with Crippen LogP contribution >= 0.6 is 11.8 Å². The van der Waals surface area contributed by atoms with Gasteiger partial charge in [-0.05, 0) is 30.5 Å². The average Bonchev–Trinajstić information content (AvgIpc) is 2.81. The Morgan fingerprint density at radius 3 is 2.70 bits per heavy atom. The summed E-state index contributed by atoms with van der Waals surface area (Å²) < 4.78 is 7.83. The molecule has 1 atom stereocenters.